The molecule has 6 heteroatoms. The van der Waals surface area contributed by atoms with Gasteiger partial charge in [0.25, 0.3) is 0 Å². The standard InChI is InChI=1S/C17H21F2N3O/c1-21-8-6-20-17(21)16(23)13-3-2-7-22(11-13)10-12-4-5-14(18)15(19)9-12/h4-6,8-9,13,16,23H,2-3,7,10-11H2,1H3. The molecule has 1 saturated heterocycles. The molecular formula is C17H21F2N3O. The number of imidazole rings is 1. The molecule has 0 aliphatic carbocycles. The number of benzene rings is 1. The number of aliphatic hydroxyl groups is 1. The summed E-state index contributed by atoms with van der Waals surface area (Å²) < 4.78 is 28.2. The maximum absolute atomic E-state index is 13.3. The minimum absolute atomic E-state index is 0.0927. The van der Waals surface area contributed by atoms with Gasteiger partial charge in [-0.05, 0) is 37.1 Å². The SMILES string of the molecule is Cn1ccnc1C(O)C1CCCN(Cc2ccc(F)c(F)c2)C1. The number of hydrogen-bond donors (Lipinski definition) is 1. The maximum Gasteiger partial charge on any atom is 0.159 e. The van der Waals surface area contributed by atoms with Crippen LogP contribution in [0, 0.1) is 17.6 Å². The van der Waals surface area contributed by atoms with E-state index in [-0.39, 0.29) is 5.92 Å². The molecule has 2 aromatic rings. The highest BCUT2D eigenvalue weighted by Crippen LogP contribution is 2.29. The second kappa shape index (κ2) is 6.76. The van der Waals surface area contributed by atoms with Crippen molar-refractivity contribution in [3.63, 3.8) is 0 Å². The van der Waals surface area contributed by atoms with Crippen molar-refractivity contribution in [2.24, 2.45) is 13.0 Å². The van der Waals surface area contributed by atoms with Gasteiger partial charge >= 0.3 is 0 Å². The van der Waals surface area contributed by atoms with Crippen molar-refractivity contribution in [1.29, 1.82) is 0 Å². The molecule has 1 aromatic carbocycles. The first kappa shape index (κ1) is 16.1. The molecule has 0 bridgehead atoms. The lowest BCUT2D eigenvalue weighted by Gasteiger charge is -2.34. The van der Waals surface area contributed by atoms with E-state index in [2.05, 4.69) is 9.88 Å². The van der Waals surface area contributed by atoms with Gasteiger partial charge in [-0.1, -0.05) is 6.07 Å². The van der Waals surface area contributed by atoms with Crippen molar-refractivity contribution >= 4 is 0 Å². The molecule has 1 N–H and O–H groups in total. The molecule has 2 heterocycles. The Kier molecular flexibility index (Phi) is 4.73. The normalized spacial score (nSPS) is 20.6. The van der Waals surface area contributed by atoms with Gasteiger partial charge in [0.15, 0.2) is 11.6 Å². The zero-order chi connectivity index (χ0) is 16.4. The van der Waals surface area contributed by atoms with Gasteiger partial charge in [0.2, 0.25) is 0 Å². The molecule has 1 aliphatic heterocycles. The molecule has 2 unspecified atom stereocenters. The van der Waals surface area contributed by atoms with Crippen LogP contribution in [0.25, 0.3) is 0 Å². The summed E-state index contributed by atoms with van der Waals surface area (Å²) in [5, 5.41) is 10.6. The van der Waals surface area contributed by atoms with E-state index in [1.54, 1.807) is 12.3 Å². The van der Waals surface area contributed by atoms with Gasteiger partial charge < -0.3 is 9.67 Å². The number of aliphatic hydroxyl groups excluding tert-OH is 1. The number of likely N-dealkylation sites (tertiary alicyclic amines) is 1. The van der Waals surface area contributed by atoms with E-state index in [0.29, 0.717) is 18.9 Å². The first-order chi connectivity index (χ1) is 11.0. The highest BCUT2D eigenvalue weighted by atomic mass is 19.2. The Morgan fingerprint density at radius 3 is 2.87 bits per heavy atom. The third-order valence-electron chi connectivity index (χ3n) is 4.50. The molecule has 0 radical (unpaired) electrons. The van der Waals surface area contributed by atoms with E-state index >= 15 is 0 Å². The summed E-state index contributed by atoms with van der Waals surface area (Å²) in [6.45, 7) is 2.16. The lowest BCUT2D eigenvalue weighted by atomic mass is 9.91. The molecule has 3 rings (SSSR count). The number of nitrogens with zero attached hydrogens (tertiary/aromatic N) is 3. The average Bonchev–Trinajstić information content (AvgIpc) is 2.96. The molecule has 0 amide bonds. The van der Waals surface area contributed by atoms with Gasteiger partial charge in [-0.15, -0.1) is 0 Å². The lowest BCUT2D eigenvalue weighted by Crippen LogP contribution is -2.37. The summed E-state index contributed by atoms with van der Waals surface area (Å²) in [4.78, 5) is 6.40. The average molecular weight is 321 g/mol. The molecule has 23 heavy (non-hydrogen) atoms. The minimum atomic E-state index is -0.824. The van der Waals surface area contributed by atoms with Crippen molar-refractivity contribution < 1.29 is 13.9 Å². The Bertz CT molecular complexity index is 674. The molecular weight excluding hydrogens is 300 g/mol. The second-order valence-electron chi connectivity index (χ2n) is 6.23. The quantitative estimate of drug-likeness (QED) is 0.941. The van der Waals surface area contributed by atoms with Gasteiger partial charge in [0, 0.05) is 38.4 Å². The van der Waals surface area contributed by atoms with Crippen LogP contribution in [0.4, 0.5) is 8.78 Å². The summed E-state index contributed by atoms with van der Waals surface area (Å²) in [5.41, 5.74) is 0.746. The molecule has 0 spiro atoms. The lowest BCUT2D eigenvalue weighted by molar-refractivity contribution is 0.0404. The van der Waals surface area contributed by atoms with E-state index in [1.165, 1.54) is 6.07 Å². The van der Waals surface area contributed by atoms with E-state index < -0.39 is 17.7 Å². The highest BCUT2D eigenvalue weighted by Gasteiger charge is 2.29. The van der Waals surface area contributed by atoms with Crippen molar-refractivity contribution in [3.05, 3.63) is 53.6 Å². The van der Waals surface area contributed by atoms with Crippen molar-refractivity contribution in [3.8, 4) is 0 Å². The highest BCUT2D eigenvalue weighted by molar-refractivity contribution is 5.17. The van der Waals surface area contributed by atoms with Crippen LogP contribution in [0.5, 0.6) is 0 Å². The summed E-state index contributed by atoms with van der Waals surface area (Å²) in [6.07, 6.45) is 4.79. The monoisotopic (exact) mass is 321 g/mol. The van der Waals surface area contributed by atoms with Crippen LogP contribution in [0.1, 0.15) is 30.3 Å². The number of hydrogen-bond acceptors (Lipinski definition) is 3. The van der Waals surface area contributed by atoms with Gasteiger partial charge in [-0.2, -0.15) is 0 Å². The predicted molar refractivity (Wildman–Crippen MR) is 82.5 cm³/mol. The zero-order valence-corrected chi connectivity index (χ0v) is 13.1. The Morgan fingerprint density at radius 1 is 1.35 bits per heavy atom. The number of halogens is 2. The third kappa shape index (κ3) is 3.59. The second-order valence-corrected chi connectivity index (χ2v) is 6.23. The van der Waals surface area contributed by atoms with Crippen LogP contribution >= 0.6 is 0 Å². The van der Waals surface area contributed by atoms with Crippen molar-refractivity contribution in [2.45, 2.75) is 25.5 Å². The van der Waals surface area contributed by atoms with Crippen LogP contribution in [-0.2, 0) is 13.6 Å². The van der Waals surface area contributed by atoms with Gasteiger partial charge in [0.1, 0.15) is 11.9 Å². The smallest absolute Gasteiger partial charge is 0.159 e. The topological polar surface area (TPSA) is 41.3 Å². The molecule has 1 aliphatic rings. The predicted octanol–water partition coefficient (Wildman–Crippen LogP) is 2.64. The molecule has 1 aromatic heterocycles. The van der Waals surface area contributed by atoms with Crippen LogP contribution in [-0.4, -0.2) is 32.6 Å². The molecule has 0 saturated carbocycles. The Labute approximate surface area is 134 Å². The fourth-order valence-electron chi connectivity index (χ4n) is 3.26. The number of aromatic nitrogens is 2. The van der Waals surface area contributed by atoms with Crippen LogP contribution in [0.3, 0.4) is 0 Å². The van der Waals surface area contributed by atoms with E-state index in [4.69, 9.17) is 0 Å². The Balaban J connectivity index is 1.66. The summed E-state index contributed by atoms with van der Waals surface area (Å²) in [6, 6.07) is 4.01. The third-order valence-corrected chi connectivity index (χ3v) is 4.50. The fourth-order valence-corrected chi connectivity index (χ4v) is 3.26. The fraction of sp³-hybridized carbons (Fsp3) is 0.471. The zero-order valence-electron chi connectivity index (χ0n) is 13.1. The molecule has 1 fully saturated rings. The Morgan fingerprint density at radius 2 is 2.17 bits per heavy atom. The summed E-state index contributed by atoms with van der Waals surface area (Å²) >= 11 is 0. The summed E-state index contributed by atoms with van der Waals surface area (Å²) in [7, 11) is 1.87. The van der Waals surface area contributed by atoms with Crippen LogP contribution < -0.4 is 0 Å². The largest absolute Gasteiger partial charge is 0.385 e. The first-order valence-corrected chi connectivity index (χ1v) is 7.86. The number of aryl methyl sites for hydroxylation is 1. The van der Waals surface area contributed by atoms with Crippen molar-refractivity contribution in [2.75, 3.05) is 13.1 Å². The summed E-state index contributed by atoms with van der Waals surface area (Å²) in [5.74, 6) is -0.876. The van der Waals surface area contributed by atoms with Gasteiger partial charge in [-0.3, -0.25) is 4.90 Å². The minimum Gasteiger partial charge on any atom is -0.385 e. The molecule has 124 valence electrons. The van der Waals surface area contributed by atoms with E-state index in [0.717, 1.165) is 31.0 Å². The maximum atomic E-state index is 13.3. The number of rotatable bonds is 4. The molecule has 4 nitrogen and oxygen atoms in total. The van der Waals surface area contributed by atoms with Gasteiger partial charge in [-0.25, -0.2) is 13.8 Å². The van der Waals surface area contributed by atoms with Crippen LogP contribution in [0.2, 0.25) is 0 Å². The molecule has 2 atom stereocenters. The van der Waals surface area contributed by atoms with E-state index in [1.807, 2.05) is 17.8 Å². The van der Waals surface area contributed by atoms with E-state index in [9.17, 15) is 13.9 Å². The number of piperidine rings is 1. The van der Waals surface area contributed by atoms with Gasteiger partial charge in [0.05, 0.1) is 0 Å². The van der Waals surface area contributed by atoms with Crippen LogP contribution in [0.15, 0.2) is 30.6 Å². The van der Waals surface area contributed by atoms with Crippen molar-refractivity contribution in [1.82, 2.24) is 14.5 Å². The Hall–Kier alpha value is -1.79. The first-order valence-electron chi connectivity index (χ1n) is 7.86.